The zero-order valence-electron chi connectivity index (χ0n) is 21.4. The quantitative estimate of drug-likeness (QED) is 0.405. The third-order valence-electron chi connectivity index (χ3n) is 6.33. The number of piperazine rings is 1. The van der Waals surface area contributed by atoms with Gasteiger partial charge in [0.15, 0.2) is 0 Å². The van der Waals surface area contributed by atoms with Gasteiger partial charge in [0, 0.05) is 61.8 Å². The number of aromatic amines is 1. The number of carbonyl (C=O) groups excluding carboxylic acids is 1. The van der Waals surface area contributed by atoms with Crippen LogP contribution in [-0.4, -0.2) is 78.0 Å². The SMILES string of the molecule is CCC(=O)Nc1ccccc1C(=O)O.COc1cc(C)c2[nH]ccc2c1CN1CCN(CC(F)F)CC1. The molecule has 0 unspecified atom stereocenters. The summed E-state index contributed by atoms with van der Waals surface area (Å²) in [6.45, 7) is 7.41. The summed E-state index contributed by atoms with van der Waals surface area (Å²) in [5.74, 6) is -0.347. The monoisotopic (exact) mass is 516 g/mol. The molecule has 4 rings (SSSR count). The number of rotatable bonds is 8. The lowest BCUT2D eigenvalue weighted by molar-refractivity contribution is -0.115. The number of ether oxygens (including phenoxy) is 1. The predicted octanol–water partition coefficient (Wildman–Crippen LogP) is 4.60. The molecule has 1 saturated heterocycles. The summed E-state index contributed by atoms with van der Waals surface area (Å²) in [5, 5.41) is 12.5. The first-order valence-corrected chi connectivity index (χ1v) is 12.2. The number of fused-ring (bicyclic) bond motifs is 1. The Bertz CT molecular complexity index is 1210. The fourth-order valence-corrected chi connectivity index (χ4v) is 4.35. The summed E-state index contributed by atoms with van der Waals surface area (Å²) in [6, 6.07) is 10.4. The number of H-pyrrole nitrogens is 1. The van der Waals surface area contributed by atoms with Crippen molar-refractivity contribution in [2.24, 2.45) is 0 Å². The van der Waals surface area contributed by atoms with Gasteiger partial charge in [0.2, 0.25) is 5.91 Å². The van der Waals surface area contributed by atoms with Crippen molar-refractivity contribution in [2.75, 3.05) is 45.2 Å². The summed E-state index contributed by atoms with van der Waals surface area (Å²) in [4.78, 5) is 29.2. The van der Waals surface area contributed by atoms with Crippen LogP contribution in [0.3, 0.4) is 0 Å². The van der Waals surface area contributed by atoms with Gasteiger partial charge < -0.3 is 20.1 Å². The highest BCUT2D eigenvalue weighted by Gasteiger charge is 2.22. The first-order valence-electron chi connectivity index (χ1n) is 12.2. The number of alkyl halides is 2. The number of methoxy groups -OCH3 is 1. The minimum Gasteiger partial charge on any atom is -0.496 e. The van der Waals surface area contributed by atoms with Crippen molar-refractivity contribution in [3.8, 4) is 5.75 Å². The molecule has 2 heterocycles. The molecule has 0 spiro atoms. The Hall–Kier alpha value is -3.50. The summed E-state index contributed by atoms with van der Waals surface area (Å²) in [6.07, 6.45) is 0.0213. The molecule has 1 aliphatic rings. The van der Waals surface area contributed by atoms with Crippen molar-refractivity contribution in [1.29, 1.82) is 0 Å². The summed E-state index contributed by atoms with van der Waals surface area (Å²) < 4.78 is 30.5. The summed E-state index contributed by atoms with van der Waals surface area (Å²) in [7, 11) is 1.69. The second-order valence-corrected chi connectivity index (χ2v) is 8.86. The number of benzene rings is 2. The van der Waals surface area contributed by atoms with E-state index in [-0.39, 0.29) is 18.0 Å². The Morgan fingerprint density at radius 2 is 1.81 bits per heavy atom. The van der Waals surface area contributed by atoms with Gasteiger partial charge in [-0.05, 0) is 36.8 Å². The van der Waals surface area contributed by atoms with Gasteiger partial charge in [-0.2, -0.15) is 0 Å². The van der Waals surface area contributed by atoms with E-state index >= 15 is 0 Å². The number of para-hydroxylation sites is 1. The van der Waals surface area contributed by atoms with Gasteiger partial charge in [-0.25, -0.2) is 13.6 Å². The number of carboxylic acids is 1. The summed E-state index contributed by atoms with van der Waals surface area (Å²) in [5.41, 5.74) is 3.90. The number of anilines is 1. The van der Waals surface area contributed by atoms with Crippen LogP contribution in [0.15, 0.2) is 42.6 Å². The van der Waals surface area contributed by atoms with Crippen LogP contribution < -0.4 is 10.1 Å². The second-order valence-electron chi connectivity index (χ2n) is 8.86. The lowest BCUT2D eigenvalue weighted by Gasteiger charge is -2.34. The van der Waals surface area contributed by atoms with Crippen LogP contribution in [0.25, 0.3) is 10.9 Å². The number of hydrogen-bond acceptors (Lipinski definition) is 5. The Kier molecular flexibility index (Phi) is 9.99. The van der Waals surface area contributed by atoms with E-state index in [1.54, 1.807) is 32.2 Å². The largest absolute Gasteiger partial charge is 0.496 e. The van der Waals surface area contributed by atoms with E-state index in [1.165, 1.54) is 11.5 Å². The molecule has 1 amide bonds. The van der Waals surface area contributed by atoms with Crippen molar-refractivity contribution in [3.05, 3.63) is 59.3 Å². The molecule has 1 aliphatic heterocycles. The minimum atomic E-state index is -2.25. The lowest BCUT2D eigenvalue weighted by atomic mass is 10.0. The maximum absolute atomic E-state index is 12.5. The number of carboxylic acid groups (broad SMARTS) is 1. The average Bonchev–Trinajstić information content (AvgIpc) is 3.38. The number of nitrogens with one attached hydrogen (secondary N) is 2. The van der Waals surface area contributed by atoms with Gasteiger partial charge in [0.25, 0.3) is 6.43 Å². The fraction of sp³-hybridized carbons (Fsp3) is 0.407. The van der Waals surface area contributed by atoms with Gasteiger partial charge in [0.05, 0.1) is 24.9 Å². The Morgan fingerprint density at radius 1 is 1.14 bits per heavy atom. The standard InChI is InChI=1S/C17H23F2N3O.C10H11NO3/c1-12-9-15(23-2)14(13-3-4-20-17(12)13)10-21-5-7-22(8-6-21)11-16(18)19;1-2-9(12)11-8-6-4-3-5-7(8)10(13)14/h3-4,9,16,20H,5-8,10-11H2,1-2H3;3-6H,2H2,1H3,(H,11,12)(H,13,14). The van der Waals surface area contributed by atoms with E-state index in [4.69, 9.17) is 9.84 Å². The first-order chi connectivity index (χ1) is 17.7. The Morgan fingerprint density at radius 3 is 2.43 bits per heavy atom. The molecule has 10 heteroatoms. The molecule has 1 aromatic heterocycles. The number of halogens is 2. The number of aromatic nitrogens is 1. The average molecular weight is 517 g/mol. The topological polar surface area (TPSA) is 97.9 Å². The maximum atomic E-state index is 12.5. The molecule has 37 heavy (non-hydrogen) atoms. The van der Waals surface area contributed by atoms with Gasteiger partial charge in [-0.3, -0.25) is 14.6 Å². The maximum Gasteiger partial charge on any atom is 0.337 e. The molecule has 0 aliphatic carbocycles. The van der Waals surface area contributed by atoms with E-state index in [1.807, 2.05) is 11.1 Å². The highest BCUT2D eigenvalue weighted by molar-refractivity contribution is 6.00. The van der Waals surface area contributed by atoms with Crippen LogP contribution in [0, 0.1) is 6.92 Å². The Labute approximate surface area is 215 Å². The molecule has 0 atom stereocenters. The van der Waals surface area contributed by atoms with E-state index in [0.717, 1.165) is 42.0 Å². The normalized spacial score (nSPS) is 14.3. The summed E-state index contributed by atoms with van der Waals surface area (Å²) >= 11 is 0. The van der Waals surface area contributed by atoms with E-state index in [2.05, 4.69) is 34.3 Å². The number of aryl methyl sites for hydroxylation is 1. The Balaban J connectivity index is 0.000000233. The van der Waals surface area contributed by atoms with Crippen molar-refractivity contribution >= 4 is 28.5 Å². The van der Waals surface area contributed by atoms with Crippen LogP contribution in [0.1, 0.15) is 34.8 Å². The highest BCUT2D eigenvalue weighted by atomic mass is 19.3. The fourth-order valence-electron chi connectivity index (χ4n) is 4.35. The number of nitrogens with zero attached hydrogens (tertiary/aromatic N) is 2. The lowest BCUT2D eigenvalue weighted by Crippen LogP contribution is -2.47. The molecule has 3 aromatic rings. The third kappa shape index (κ3) is 7.50. The van der Waals surface area contributed by atoms with Gasteiger partial charge in [0.1, 0.15) is 5.75 Å². The number of carbonyl (C=O) groups is 2. The molecule has 200 valence electrons. The second kappa shape index (κ2) is 13.2. The van der Waals surface area contributed by atoms with Gasteiger partial charge in [-0.15, -0.1) is 0 Å². The van der Waals surface area contributed by atoms with Gasteiger partial charge >= 0.3 is 5.97 Å². The van der Waals surface area contributed by atoms with Crippen molar-refractivity contribution in [1.82, 2.24) is 14.8 Å². The molecule has 3 N–H and O–H groups in total. The molecular weight excluding hydrogens is 482 g/mol. The molecule has 2 aromatic carbocycles. The van der Waals surface area contributed by atoms with Crippen LogP contribution in [0.4, 0.5) is 14.5 Å². The third-order valence-corrected chi connectivity index (χ3v) is 6.33. The van der Waals surface area contributed by atoms with Crippen molar-refractivity contribution in [3.63, 3.8) is 0 Å². The molecule has 0 bridgehead atoms. The zero-order chi connectivity index (χ0) is 26.9. The smallest absolute Gasteiger partial charge is 0.337 e. The number of amides is 1. The molecular formula is C27H34F2N4O4. The molecule has 1 fully saturated rings. The highest BCUT2D eigenvalue weighted by Crippen LogP contribution is 2.31. The van der Waals surface area contributed by atoms with Crippen LogP contribution in [0.2, 0.25) is 0 Å². The van der Waals surface area contributed by atoms with Crippen LogP contribution in [-0.2, 0) is 11.3 Å². The number of aromatic carboxylic acids is 1. The number of hydrogen-bond donors (Lipinski definition) is 3. The van der Waals surface area contributed by atoms with Crippen LogP contribution >= 0.6 is 0 Å². The van der Waals surface area contributed by atoms with E-state index in [9.17, 15) is 18.4 Å². The minimum absolute atomic E-state index is 0.106. The van der Waals surface area contributed by atoms with Crippen molar-refractivity contribution < 1.29 is 28.2 Å². The zero-order valence-corrected chi connectivity index (χ0v) is 21.4. The predicted molar refractivity (Wildman–Crippen MR) is 140 cm³/mol. The van der Waals surface area contributed by atoms with Gasteiger partial charge in [-0.1, -0.05) is 19.1 Å². The molecule has 0 saturated carbocycles. The van der Waals surface area contributed by atoms with E-state index < -0.39 is 12.4 Å². The molecule has 0 radical (unpaired) electrons. The molecule has 8 nitrogen and oxygen atoms in total. The van der Waals surface area contributed by atoms with E-state index in [0.29, 0.717) is 25.2 Å². The van der Waals surface area contributed by atoms with Crippen LogP contribution in [0.5, 0.6) is 5.75 Å². The van der Waals surface area contributed by atoms with Crippen molar-refractivity contribution in [2.45, 2.75) is 33.2 Å². The first kappa shape index (κ1) is 28.1.